The maximum absolute atomic E-state index is 12.6. The number of aromatic nitrogens is 2. The van der Waals surface area contributed by atoms with E-state index < -0.39 is 0 Å². The van der Waals surface area contributed by atoms with Gasteiger partial charge in [0.25, 0.3) is 5.91 Å². The van der Waals surface area contributed by atoms with Crippen molar-refractivity contribution in [3.63, 3.8) is 0 Å². The summed E-state index contributed by atoms with van der Waals surface area (Å²) in [5.74, 6) is 0.0211. The SMILES string of the molecule is Cc1nc2ccc(C(=O)N(C)CC[C@@H]3CCCCO3)cc2nc1C. The van der Waals surface area contributed by atoms with E-state index in [-0.39, 0.29) is 5.91 Å². The monoisotopic (exact) mass is 327 g/mol. The number of nitrogens with zero attached hydrogens (tertiary/aromatic N) is 3. The van der Waals surface area contributed by atoms with Gasteiger partial charge >= 0.3 is 0 Å². The molecule has 1 aliphatic rings. The molecule has 0 spiro atoms. The van der Waals surface area contributed by atoms with Gasteiger partial charge in [0, 0.05) is 25.8 Å². The molecule has 1 amide bonds. The summed E-state index contributed by atoms with van der Waals surface area (Å²) in [6.45, 7) is 5.44. The summed E-state index contributed by atoms with van der Waals surface area (Å²) in [5.41, 5.74) is 4.08. The summed E-state index contributed by atoms with van der Waals surface area (Å²) in [6, 6.07) is 5.55. The van der Waals surface area contributed by atoms with Crippen molar-refractivity contribution >= 4 is 16.9 Å². The highest BCUT2D eigenvalue weighted by molar-refractivity contribution is 5.97. The van der Waals surface area contributed by atoms with Crippen LogP contribution >= 0.6 is 0 Å². The number of benzene rings is 1. The highest BCUT2D eigenvalue weighted by atomic mass is 16.5. The molecule has 0 radical (unpaired) electrons. The number of carbonyl (C=O) groups excluding carboxylic acids is 1. The van der Waals surface area contributed by atoms with Crippen molar-refractivity contribution in [1.29, 1.82) is 0 Å². The van der Waals surface area contributed by atoms with Gasteiger partial charge in [0.15, 0.2) is 0 Å². The van der Waals surface area contributed by atoms with Gasteiger partial charge in [-0.2, -0.15) is 0 Å². The molecule has 2 heterocycles. The third-order valence-electron chi connectivity index (χ3n) is 4.73. The zero-order valence-corrected chi connectivity index (χ0v) is 14.7. The second kappa shape index (κ2) is 7.26. The summed E-state index contributed by atoms with van der Waals surface area (Å²) in [5, 5.41) is 0. The first-order valence-electron chi connectivity index (χ1n) is 8.66. The van der Waals surface area contributed by atoms with Crippen molar-refractivity contribution in [2.45, 2.75) is 45.6 Å². The van der Waals surface area contributed by atoms with E-state index in [9.17, 15) is 4.79 Å². The second-order valence-corrected chi connectivity index (χ2v) is 6.60. The highest BCUT2D eigenvalue weighted by Crippen LogP contribution is 2.18. The molecule has 3 rings (SSSR count). The normalized spacial score (nSPS) is 17.9. The van der Waals surface area contributed by atoms with E-state index in [4.69, 9.17) is 4.74 Å². The number of carbonyl (C=O) groups is 1. The first-order valence-corrected chi connectivity index (χ1v) is 8.66. The average molecular weight is 327 g/mol. The molecule has 128 valence electrons. The van der Waals surface area contributed by atoms with Crippen molar-refractivity contribution in [3.8, 4) is 0 Å². The maximum atomic E-state index is 12.6. The number of ether oxygens (including phenoxy) is 1. The summed E-state index contributed by atoms with van der Waals surface area (Å²) in [7, 11) is 1.85. The molecule has 1 aliphatic heterocycles. The molecule has 0 N–H and O–H groups in total. The van der Waals surface area contributed by atoms with Gasteiger partial charge in [0.1, 0.15) is 0 Å². The van der Waals surface area contributed by atoms with E-state index in [1.54, 1.807) is 4.90 Å². The Balaban J connectivity index is 1.69. The van der Waals surface area contributed by atoms with E-state index in [0.717, 1.165) is 48.3 Å². The van der Waals surface area contributed by atoms with Crippen LogP contribution in [0.15, 0.2) is 18.2 Å². The largest absolute Gasteiger partial charge is 0.378 e. The molecule has 1 aromatic carbocycles. The van der Waals surface area contributed by atoms with E-state index in [1.165, 1.54) is 6.42 Å². The molecule has 5 heteroatoms. The lowest BCUT2D eigenvalue weighted by Crippen LogP contribution is -2.31. The quantitative estimate of drug-likeness (QED) is 0.865. The minimum absolute atomic E-state index is 0.0211. The molecule has 1 fully saturated rings. The van der Waals surface area contributed by atoms with Gasteiger partial charge in [-0.25, -0.2) is 9.97 Å². The van der Waals surface area contributed by atoms with Crippen LogP contribution in [0, 0.1) is 13.8 Å². The molecule has 0 unspecified atom stereocenters. The van der Waals surface area contributed by atoms with E-state index in [0.29, 0.717) is 18.2 Å². The molecule has 24 heavy (non-hydrogen) atoms. The van der Waals surface area contributed by atoms with Crippen LogP contribution in [0.5, 0.6) is 0 Å². The molecular weight excluding hydrogens is 302 g/mol. The van der Waals surface area contributed by atoms with Crippen molar-refractivity contribution in [3.05, 3.63) is 35.2 Å². The molecule has 2 aromatic rings. The van der Waals surface area contributed by atoms with Gasteiger partial charge in [-0.15, -0.1) is 0 Å². The number of hydrogen-bond acceptors (Lipinski definition) is 4. The number of aryl methyl sites for hydroxylation is 2. The number of rotatable bonds is 4. The number of hydrogen-bond donors (Lipinski definition) is 0. The molecule has 1 atom stereocenters. The van der Waals surface area contributed by atoms with Crippen LogP contribution in [-0.4, -0.2) is 47.1 Å². The van der Waals surface area contributed by atoms with Gasteiger partial charge in [-0.1, -0.05) is 0 Å². The van der Waals surface area contributed by atoms with E-state index in [1.807, 2.05) is 39.1 Å². The summed E-state index contributed by atoms with van der Waals surface area (Å²) >= 11 is 0. The average Bonchev–Trinajstić information content (AvgIpc) is 2.60. The van der Waals surface area contributed by atoms with Crippen LogP contribution in [0.3, 0.4) is 0 Å². The predicted octanol–water partition coefficient (Wildman–Crippen LogP) is 3.28. The molecule has 0 saturated carbocycles. The van der Waals surface area contributed by atoms with Crippen molar-refractivity contribution in [1.82, 2.24) is 14.9 Å². The van der Waals surface area contributed by atoms with Gasteiger partial charge in [0.2, 0.25) is 0 Å². The Bertz CT molecular complexity index is 739. The maximum Gasteiger partial charge on any atom is 0.253 e. The van der Waals surface area contributed by atoms with Crippen LogP contribution in [0.4, 0.5) is 0 Å². The predicted molar refractivity (Wildman–Crippen MR) is 94.2 cm³/mol. The second-order valence-electron chi connectivity index (χ2n) is 6.60. The van der Waals surface area contributed by atoms with E-state index >= 15 is 0 Å². The minimum Gasteiger partial charge on any atom is -0.378 e. The third-order valence-corrected chi connectivity index (χ3v) is 4.73. The fourth-order valence-corrected chi connectivity index (χ4v) is 3.06. The van der Waals surface area contributed by atoms with Gasteiger partial charge in [-0.05, 0) is 57.7 Å². The Hall–Kier alpha value is -2.01. The lowest BCUT2D eigenvalue weighted by Gasteiger charge is -2.25. The Morgan fingerprint density at radius 3 is 2.67 bits per heavy atom. The molecule has 0 bridgehead atoms. The molecular formula is C19H25N3O2. The lowest BCUT2D eigenvalue weighted by atomic mass is 10.1. The van der Waals surface area contributed by atoms with Crippen LogP contribution in [0.2, 0.25) is 0 Å². The zero-order chi connectivity index (χ0) is 17.1. The lowest BCUT2D eigenvalue weighted by molar-refractivity contribution is 0.00709. The van der Waals surface area contributed by atoms with Crippen molar-refractivity contribution in [2.24, 2.45) is 0 Å². The number of amides is 1. The van der Waals surface area contributed by atoms with Crippen molar-refractivity contribution in [2.75, 3.05) is 20.2 Å². The Morgan fingerprint density at radius 2 is 1.96 bits per heavy atom. The molecule has 1 aromatic heterocycles. The van der Waals surface area contributed by atoms with Crippen LogP contribution in [0.25, 0.3) is 11.0 Å². The number of fused-ring (bicyclic) bond motifs is 1. The molecule has 1 saturated heterocycles. The molecule has 0 aliphatic carbocycles. The third kappa shape index (κ3) is 3.73. The topological polar surface area (TPSA) is 55.3 Å². The highest BCUT2D eigenvalue weighted by Gasteiger charge is 2.17. The minimum atomic E-state index is 0.0211. The summed E-state index contributed by atoms with van der Waals surface area (Å²) in [6.07, 6.45) is 4.68. The van der Waals surface area contributed by atoms with Crippen LogP contribution in [0.1, 0.15) is 47.4 Å². The Labute approximate surface area is 143 Å². The first kappa shape index (κ1) is 16.8. The summed E-state index contributed by atoms with van der Waals surface area (Å²) in [4.78, 5) is 23.5. The summed E-state index contributed by atoms with van der Waals surface area (Å²) < 4.78 is 5.74. The van der Waals surface area contributed by atoms with Gasteiger partial charge < -0.3 is 9.64 Å². The van der Waals surface area contributed by atoms with Crippen molar-refractivity contribution < 1.29 is 9.53 Å². The van der Waals surface area contributed by atoms with E-state index in [2.05, 4.69) is 9.97 Å². The van der Waals surface area contributed by atoms with Crippen LogP contribution < -0.4 is 0 Å². The van der Waals surface area contributed by atoms with Gasteiger partial charge in [0.05, 0.1) is 28.5 Å². The molecule has 5 nitrogen and oxygen atoms in total. The van der Waals surface area contributed by atoms with Crippen LogP contribution in [-0.2, 0) is 4.74 Å². The standard InChI is InChI=1S/C19H25N3O2/c1-13-14(2)21-18-12-15(7-8-17(18)20-13)19(23)22(3)10-9-16-6-4-5-11-24-16/h7-8,12,16H,4-6,9-11H2,1-3H3/t16-/m0/s1. The van der Waals surface area contributed by atoms with Gasteiger partial charge in [-0.3, -0.25) is 4.79 Å². The fourth-order valence-electron chi connectivity index (χ4n) is 3.06. The fraction of sp³-hybridized carbons (Fsp3) is 0.526. The zero-order valence-electron chi connectivity index (χ0n) is 14.7. The first-order chi connectivity index (χ1) is 11.5. The smallest absolute Gasteiger partial charge is 0.253 e. The Kier molecular flexibility index (Phi) is 5.09. The Morgan fingerprint density at radius 1 is 1.21 bits per heavy atom.